The van der Waals surface area contributed by atoms with Gasteiger partial charge in [-0.1, -0.05) is 36.4 Å². The van der Waals surface area contributed by atoms with E-state index in [4.69, 9.17) is 4.74 Å². The number of carbonyl (C=O) groups is 1. The molecule has 4 nitrogen and oxygen atoms in total. The van der Waals surface area contributed by atoms with Crippen molar-refractivity contribution in [2.24, 2.45) is 0 Å². The Kier molecular flexibility index (Phi) is 6.42. The Balaban J connectivity index is 1.66. The van der Waals surface area contributed by atoms with Crippen LogP contribution in [0.4, 0.5) is 0 Å². The number of hydrogen-bond acceptors (Lipinski definition) is 3. The number of ether oxygens (including phenoxy) is 1. The Labute approximate surface area is 156 Å². The minimum Gasteiger partial charge on any atom is -0.379 e. The van der Waals surface area contributed by atoms with Crippen LogP contribution in [-0.4, -0.2) is 49.7 Å². The van der Waals surface area contributed by atoms with Gasteiger partial charge in [-0.25, -0.2) is 0 Å². The summed E-state index contributed by atoms with van der Waals surface area (Å²) in [5.41, 5.74) is 4.38. The zero-order valence-electron chi connectivity index (χ0n) is 15.7. The summed E-state index contributed by atoms with van der Waals surface area (Å²) < 4.78 is 5.49. The van der Waals surface area contributed by atoms with E-state index in [1.807, 2.05) is 31.2 Å². The Morgan fingerprint density at radius 1 is 1.08 bits per heavy atom. The molecule has 1 aliphatic heterocycles. The van der Waals surface area contributed by atoms with Crippen LogP contribution in [0.2, 0.25) is 0 Å². The maximum Gasteiger partial charge on any atom is 0.251 e. The van der Waals surface area contributed by atoms with Crippen molar-refractivity contribution in [3.63, 3.8) is 0 Å². The van der Waals surface area contributed by atoms with E-state index in [0.29, 0.717) is 6.54 Å². The molecule has 3 rings (SSSR count). The lowest BCUT2D eigenvalue weighted by Gasteiger charge is -2.34. The first-order chi connectivity index (χ1) is 12.6. The summed E-state index contributed by atoms with van der Waals surface area (Å²) in [6.45, 7) is 8.09. The highest BCUT2D eigenvalue weighted by Crippen LogP contribution is 2.12. The smallest absolute Gasteiger partial charge is 0.251 e. The van der Waals surface area contributed by atoms with Gasteiger partial charge in [-0.15, -0.1) is 0 Å². The number of carbonyl (C=O) groups excluding carboxylic acids is 1. The number of rotatable bonds is 6. The van der Waals surface area contributed by atoms with Gasteiger partial charge in [0.15, 0.2) is 0 Å². The molecule has 0 aliphatic carbocycles. The van der Waals surface area contributed by atoms with Gasteiger partial charge < -0.3 is 10.1 Å². The molecular formula is C22H28N2O2. The summed E-state index contributed by atoms with van der Waals surface area (Å²) in [4.78, 5) is 15.0. The number of hydrogen-bond donors (Lipinski definition) is 1. The van der Waals surface area contributed by atoms with Crippen LogP contribution in [0.1, 0.15) is 27.0 Å². The monoisotopic (exact) mass is 352 g/mol. The highest BCUT2D eigenvalue weighted by atomic mass is 16.5. The molecule has 1 unspecified atom stereocenters. The minimum atomic E-state index is -0.000536. The van der Waals surface area contributed by atoms with Crippen molar-refractivity contribution in [1.82, 2.24) is 10.2 Å². The van der Waals surface area contributed by atoms with Gasteiger partial charge >= 0.3 is 0 Å². The molecule has 2 aromatic carbocycles. The van der Waals surface area contributed by atoms with Crippen LogP contribution in [0.15, 0.2) is 48.5 Å². The Hall–Kier alpha value is -2.17. The van der Waals surface area contributed by atoms with Gasteiger partial charge in [0.2, 0.25) is 0 Å². The van der Waals surface area contributed by atoms with Crippen molar-refractivity contribution in [2.75, 3.05) is 32.8 Å². The minimum absolute atomic E-state index is 0.000536. The molecule has 1 amide bonds. The van der Waals surface area contributed by atoms with Gasteiger partial charge in [-0.05, 0) is 49.1 Å². The van der Waals surface area contributed by atoms with Crippen LogP contribution < -0.4 is 5.32 Å². The molecule has 26 heavy (non-hydrogen) atoms. The van der Waals surface area contributed by atoms with Gasteiger partial charge in [0.05, 0.1) is 13.2 Å². The van der Waals surface area contributed by atoms with Crippen molar-refractivity contribution in [3.05, 3.63) is 70.8 Å². The number of benzene rings is 2. The second kappa shape index (κ2) is 8.97. The van der Waals surface area contributed by atoms with E-state index in [1.54, 1.807) is 0 Å². The topological polar surface area (TPSA) is 41.6 Å². The molecule has 1 atom stereocenters. The molecule has 1 N–H and O–H groups in total. The fraction of sp³-hybridized carbons (Fsp3) is 0.409. The standard InChI is InChI=1S/C22H28N2O2/c1-17-8-9-20(14-18(17)2)22(25)23-16-21(24-10-12-26-13-11-24)15-19-6-4-3-5-7-19/h3-9,14,21H,10-13,15-16H2,1-2H3,(H,23,25). The average Bonchev–Trinajstić information content (AvgIpc) is 2.68. The van der Waals surface area contributed by atoms with Gasteiger partial charge in [0.1, 0.15) is 0 Å². The number of amides is 1. The molecule has 0 bridgehead atoms. The molecule has 1 fully saturated rings. The molecular weight excluding hydrogens is 324 g/mol. The van der Waals surface area contributed by atoms with Crippen LogP contribution in [0.3, 0.4) is 0 Å². The van der Waals surface area contributed by atoms with E-state index >= 15 is 0 Å². The maximum atomic E-state index is 12.6. The number of morpholine rings is 1. The predicted molar refractivity (Wildman–Crippen MR) is 105 cm³/mol. The SMILES string of the molecule is Cc1ccc(C(=O)NCC(Cc2ccccc2)N2CCOCC2)cc1C. The molecule has 1 aliphatic rings. The summed E-state index contributed by atoms with van der Waals surface area (Å²) in [5, 5.41) is 3.14. The molecule has 1 heterocycles. The first kappa shape index (κ1) is 18.6. The fourth-order valence-corrected chi connectivity index (χ4v) is 3.35. The van der Waals surface area contributed by atoms with E-state index in [1.165, 1.54) is 11.1 Å². The highest BCUT2D eigenvalue weighted by molar-refractivity contribution is 5.94. The number of aryl methyl sites for hydroxylation is 2. The van der Waals surface area contributed by atoms with Crippen LogP contribution >= 0.6 is 0 Å². The molecule has 0 saturated carbocycles. The summed E-state index contributed by atoms with van der Waals surface area (Å²) in [7, 11) is 0. The maximum absolute atomic E-state index is 12.6. The van der Waals surface area contributed by atoms with E-state index in [0.717, 1.165) is 43.9 Å². The summed E-state index contributed by atoms with van der Waals surface area (Å²) >= 11 is 0. The van der Waals surface area contributed by atoms with Crippen LogP contribution in [0.25, 0.3) is 0 Å². The van der Waals surface area contributed by atoms with Crippen LogP contribution in [0, 0.1) is 13.8 Å². The third-order valence-electron chi connectivity index (χ3n) is 5.14. The van der Waals surface area contributed by atoms with Gasteiger partial charge in [-0.3, -0.25) is 9.69 Å². The average molecular weight is 352 g/mol. The van der Waals surface area contributed by atoms with Gasteiger partial charge in [0.25, 0.3) is 5.91 Å². The van der Waals surface area contributed by atoms with Crippen molar-refractivity contribution >= 4 is 5.91 Å². The quantitative estimate of drug-likeness (QED) is 0.869. The lowest BCUT2D eigenvalue weighted by atomic mass is 10.0. The summed E-state index contributed by atoms with van der Waals surface area (Å²) in [5.74, 6) is -0.000536. The lowest BCUT2D eigenvalue weighted by molar-refractivity contribution is 0.0167. The lowest BCUT2D eigenvalue weighted by Crippen LogP contribution is -2.49. The van der Waals surface area contributed by atoms with Crippen molar-refractivity contribution in [3.8, 4) is 0 Å². The largest absolute Gasteiger partial charge is 0.379 e. The Morgan fingerprint density at radius 2 is 1.81 bits per heavy atom. The van der Waals surface area contributed by atoms with E-state index in [2.05, 4.69) is 41.4 Å². The zero-order chi connectivity index (χ0) is 18.4. The third kappa shape index (κ3) is 4.93. The summed E-state index contributed by atoms with van der Waals surface area (Å²) in [6.07, 6.45) is 0.925. The number of nitrogens with one attached hydrogen (secondary N) is 1. The second-order valence-electron chi connectivity index (χ2n) is 7.00. The Morgan fingerprint density at radius 3 is 2.50 bits per heavy atom. The van der Waals surface area contributed by atoms with Crippen molar-refractivity contribution < 1.29 is 9.53 Å². The van der Waals surface area contributed by atoms with Gasteiger partial charge in [-0.2, -0.15) is 0 Å². The second-order valence-corrected chi connectivity index (χ2v) is 7.00. The van der Waals surface area contributed by atoms with Gasteiger partial charge in [0, 0.05) is 31.2 Å². The van der Waals surface area contributed by atoms with E-state index in [-0.39, 0.29) is 11.9 Å². The Bertz CT molecular complexity index is 724. The predicted octanol–water partition coefficient (Wildman–Crippen LogP) is 2.98. The molecule has 0 aromatic heterocycles. The first-order valence-corrected chi connectivity index (χ1v) is 9.34. The molecule has 0 spiro atoms. The molecule has 4 heteroatoms. The molecule has 0 radical (unpaired) electrons. The van der Waals surface area contributed by atoms with E-state index < -0.39 is 0 Å². The van der Waals surface area contributed by atoms with Crippen LogP contribution in [-0.2, 0) is 11.2 Å². The summed E-state index contributed by atoms with van der Waals surface area (Å²) in [6, 6.07) is 16.6. The zero-order valence-corrected chi connectivity index (χ0v) is 15.7. The first-order valence-electron chi connectivity index (χ1n) is 9.34. The molecule has 1 saturated heterocycles. The fourth-order valence-electron chi connectivity index (χ4n) is 3.35. The molecule has 138 valence electrons. The number of nitrogens with zero attached hydrogens (tertiary/aromatic N) is 1. The highest BCUT2D eigenvalue weighted by Gasteiger charge is 2.22. The van der Waals surface area contributed by atoms with Crippen LogP contribution in [0.5, 0.6) is 0 Å². The molecule has 2 aromatic rings. The normalized spacial score (nSPS) is 16.2. The van der Waals surface area contributed by atoms with E-state index in [9.17, 15) is 4.79 Å². The van der Waals surface area contributed by atoms with Crippen molar-refractivity contribution in [1.29, 1.82) is 0 Å². The third-order valence-corrected chi connectivity index (χ3v) is 5.14. The van der Waals surface area contributed by atoms with Crippen molar-refractivity contribution in [2.45, 2.75) is 26.3 Å².